The molecule has 3 aliphatic rings. The van der Waals surface area contributed by atoms with Gasteiger partial charge >= 0.3 is 0 Å². The van der Waals surface area contributed by atoms with Crippen LogP contribution in [0.4, 0.5) is 5.69 Å². The van der Waals surface area contributed by atoms with Crippen molar-refractivity contribution in [3.63, 3.8) is 0 Å². The van der Waals surface area contributed by atoms with Crippen molar-refractivity contribution in [1.29, 1.82) is 0 Å². The summed E-state index contributed by atoms with van der Waals surface area (Å²) in [5.41, 5.74) is 4.82. The molecule has 1 unspecified atom stereocenters. The van der Waals surface area contributed by atoms with E-state index >= 15 is 0 Å². The van der Waals surface area contributed by atoms with Gasteiger partial charge in [-0.3, -0.25) is 9.78 Å². The fourth-order valence-electron chi connectivity index (χ4n) is 5.74. The topological polar surface area (TPSA) is 64.1 Å². The van der Waals surface area contributed by atoms with Crippen LogP contribution in [-0.2, 0) is 11.3 Å². The largest absolute Gasteiger partial charge is 0.487 e. The molecule has 6 rings (SSSR count). The maximum absolute atomic E-state index is 13.6. The highest BCUT2D eigenvalue weighted by Crippen LogP contribution is 2.39. The normalized spacial score (nSPS) is 19.5. The Morgan fingerprint density at radius 1 is 0.949 bits per heavy atom. The van der Waals surface area contributed by atoms with Crippen molar-refractivity contribution in [2.75, 3.05) is 44.4 Å². The number of hydrogen-bond acceptors (Lipinski definition) is 6. The van der Waals surface area contributed by atoms with Gasteiger partial charge in [-0.2, -0.15) is 0 Å². The van der Waals surface area contributed by atoms with Crippen LogP contribution in [0.5, 0.6) is 11.5 Å². The first-order valence-corrected chi connectivity index (χ1v) is 14.3. The standard InChI is InChI=1S/C32H37N3O4/c36-32(24-9-11-28(12-10-24)34-14-3-1-4-15-34)35-16-18-38-31-27(22-35)19-26(25-7-6-13-33-21-25)20-30(31)39-23-29-8-2-5-17-37-29/h6-7,9-13,19-21,29H,1-5,8,14-18,22-23H2. The lowest BCUT2D eigenvalue weighted by Crippen LogP contribution is -2.32. The highest BCUT2D eigenvalue weighted by atomic mass is 16.5. The molecule has 7 nitrogen and oxygen atoms in total. The summed E-state index contributed by atoms with van der Waals surface area (Å²) in [5, 5.41) is 0. The van der Waals surface area contributed by atoms with E-state index in [1.165, 1.54) is 24.9 Å². The van der Waals surface area contributed by atoms with Crippen molar-refractivity contribution >= 4 is 11.6 Å². The summed E-state index contributed by atoms with van der Waals surface area (Å²) < 4.78 is 18.5. The first-order chi connectivity index (χ1) is 19.2. The van der Waals surface area contributed by atoms with Crippen LogP contribution >= 0.6 is 0 Å². The molecule has 7 heteroatoms. The highest BCUT2D eigenvalue weighted by molar-refractivity contribution is 5.94. The van der Waals surface area contributed by atoms with Gasteiger partial charge in [0, 0.05) is 61.0 Å². The summed E-state index contributed by atoms with van der Waals surface area (Å²) in [6.45, 7) is 4.81. The molecule has 4 heterocycles. The second-order valence-corrected chi connectivity index (χ2v) is 10.7. The lowest BCUT2D eigenvalue weighted by atomic mass is 10.0. The lowest BCUT2D eigenvalue weighted by molar-refractivity contribution is -0.0115. The number of amides is 1. The molecule has 0 aliphatic carbocycles. The van der Waals surface area contributed by atoms with Crippen LogP contribution in [0.1, 0.15) is 54.4 Å². The number of carbonyl (C=O) groups is 1. The molecule has 2 aromatic carbocycles. The third kappa shape index (κ3) is 6.04. The summed E-state index contributed by atoms with van der Waals surface area (Å²) in [7, 11) is 0. The molecule has 1 aromatic heterocycles. The number of aromatic nitrogens is 1. The Kier molecular flexibility index (Phi) is 7.95. The molecule has 3 aliphatic heterocycles. The van der Waals surface area contributed by atoms with Crippen molar-refractivity contribution in [3.05, 3.63) is 72.1 Å². The molecule has 1 amide bonds. The van der Waals surface area contributed by atoms with E-state index < -0.39 is 0 Å². The fraction of sp³-hybridized carbons (Fsp3) is 0.438. The average Bonchev–Trinajstić information content (AvgIpc) is 3.24. The number of anilines is 1. The molecular formula is C32H37N3O4. The molecule has 2 fully saturated rings. The molecular weight excluding hydrogens is 490 g/mol. The van der Waals surface area contributed by atoms with Crippen LogP contribution in [0, 0.1) is 0 Å². The molecule has 3 aromatic rings. The summed E-state index contributed by atoms with van der Waals surface area (Å²) in [6, 6.07) is 16.2. The number of hydrogen-bond donors (Lipinski definition) is 0. The third-order valence-electron chi connectivity index (χ3n) is 7.92. The van der Waals surface area contributed by atoms with Crippen LogP contribution in [0.25, 0.3) is 11.1 Å². The number of pyridine rings is 1. The van der Waals surface area contributed by atoms with Crippen LogP contribution in [-0.4, -0.2) is 61.3 Å². The number of fused-ring (bicyclic) bond motifs is 1. The van der Waals surface area contributed by atoms with E-state index in [-0.39, 0.29) is 12.0 Å². The Labute approximate surface area is 230 Å². The smallest absolute Gasteiger partial charge is 0.254 e. The lowest BCUT2D eigenvalue weighted by Gasteiger charge is -2.29. The molecule has 0 spiro atoms. The van der Waals surface area contributed by atoms with Gasteiger partial charge in [0.2, 0.25) is 0 Å². The monoisotopic (exact) mass is 527 g/mol. The van der Waals surface area contributed by atoms with E-state index in [1.807, 2.05) is 41.4 Å². The Balaban J connectivity index is 1.24. The van der Waals surface area contributed by atoms with Gasteiger partial charge in [0.1, 0.15) is 13.2 Å². The SMILES string of the molecule is O=C(c1ccc(N2CCCCC2)cc1)N1CCOc2c(cc(-c3cccnc3)cc2OCC2CCCCO2)C1. The van der Waals surface area contributed by atoms with E-state index in [0.29, 0.717) is 43.4 Å². The van der Waals surface area contributed by atoms with Crippen molar-refractivity contribution in [2.24, 2.45) is 0 Å². The first kappa shape index (κ1) is 25.7. The number of ether oxygens (including phenoxy) is 3. The van der Waals surface area contributed by atoms with Gasteiger partial charge in [0.25, 0.3) is 5.91 Å². The molecule has 2 saturated heterocycles. The van der Waals surface area contributed by atoms with Gasteiger partial charge in [-0.15, -0.1) is 0 Å². The second kappa shape index (κ2) is 12.1. The predicted molar refractivity (Wildman–Crippen MR) is 152 cm³/mol. The van der Waals surface area contributed by atoms with E-state index in [2.05, 4.69) is 28.1 Å². The summed E-state index contributed by atoms with van der Waals surface area (Å²) in [6.07, 6.45) is 10.7. The van der Waals surface area contributed by atoms with E-state index in [4.69, 9.17) is 14.2 Å². The van der Waals surface area contributed by atoms with Crippen LogP contribution in [0.3, 0.4) is 0 Å². The Morgan fingerprint density at radius 2 is 1.82 bits per heavy atom. The Morgan fingerprint density at radius 3 is 2.59 bits per heavy atom. The second-order valence-electron chi connectivity index (χ2n) is 10.7. The molecule has 39 heavy (non-hydrogen) atoms. The highest BCUT2D eigenvalue weighted by Gasteiger charge is 2.26. The summed E-state index contributed by atoms with van der Waals surface area (Å²) in [4.78, 5) is 22.2. The number of nitrogens with zero attached hydrogens (tertiary/aromatic N) is 3. The number of carbonyl (C=O) groups excluding carboxylic acids is 1. The van der Waals surface area contributed by atoms with Gasteiger partial charge in [0.15, 0.2) is 11.5 Å². The molecule has 0 radical (unpaired) electrons. The zero-order valence-electron chi connectivity index (χ0n) is 22.5. The maximum Gasteiger partial charge on any atom is 0.254 e. The van der Waals surface area contributed by atoms with E-state index in [0.717, 1.165) is 55.6 Å². The number of benzene rings is 2. The Bertz CT molecular complexity index is 1250. The van der Waals surface area contributed by atoms with Gasteiger partial charge in [-0.05, 0) is 86.6 Å². The quantitative estimate of drug-likeness (QED) is 0.409. The molecule has 1 atom stereocenters. The molecule has 204 valence electrons. The Hall–Kier alpha value is -3.58. The zero-order chi connectivity index (χ0) is 26.4. The zero-order valence-corrected chi connectivity index (χ0v) is 22.5. The van der Waals surface area contributed by atoms with Gasteiger partial charge < -0.3 is 24.0 Å². The molecule has 0 N–H and O–H groups in total. The van der Waals surface area contributed by atoms with Crippen molar-refractivity contribution in [2.45, 2.75) is 51.2 Å². The van der Waals surface area contributed by atoms with Crippen molar-refractivity contribution in [1.82, 2.24) is 9.88 Å². The minimum atomic E-state index is 0.0153. The third-order valence-corrected chi connectivity index (χ3v) is 7.92. The molecule has 0 saturated carbocycles. The van der Waals surface area contributed by atoms with Crippen LogP contribution in [0.2, 0.25) is 0 Å². The van der Waals surface area contributed by atoms with Gasteiger partial charge in [0.05, 0.1) is 12.6 Å². The van der Waals surface area contributed by atoms with Crippen LogP contribution in [0.15, 0.2) is 60.9 Å². The van der Waals surface area contributed by atoms with Crippen LogP contribution < -0.4 is 14.4 Å². The van der Waals surface area contributed by atoms with Crippen molar-refractivity contribution in [3.8, 4) is 22.6 Å². The van der Waals surface area contributed by atoms with E-state index in [1.54, 1.807) is 6.20 Å². The fourth-order valence-corrected chi connectivity index (χ4v) is 5.74. The van der Waals surface area contributed by atoms with Gasteiger partial charge in [-0.1, -0.05) is 6.07 Å². The van der Waals surface area contributed by atoms with Gasteiger partial charge in [-0.25, -0.2) is 0 Å². The number of piperidine rings is 1. The van der Waals surface area contributed by atoms with Crippen molar-refractivity contribution < 1.29 is 19.0 Å². The van der Waals surface area contributed by atoms with E-state index in [9.17, 15) is 4.79 Å². The minimum Gasteiger partial charge on any atom is -0.487 e. The molecule has 0 bridgehead atoms. The summed E-state index contributed by atoms with van der Waals surface area (Å²) >= 11 is 0. The minimum absolute atomic E-state index is 0.0153. The maximum atomic E-state index is 13.6. The predicted octanol–water partition coefficient (Wildman–Crippen LogP) is 5.72. The summed E-state index contributed by atoms with van der Waals surface area (Å²) in [5.74, 6) is 1.43. The average molecular weight is 528 g/mol. The number of rotatable bonds is 6. The first-order valence-electron chi connectivity index (χ1n) is 14.3.